The number of carbonyl (C=O) groups is 1. The summed E-state index contributed by atoms with van der Waals surface area (Å²) in [5.41, 5.74) is 0.934. The largest absolute Gasteiger partial charge is 0.481 e. The lowest BCUT2D eigenvalue weighted by Gasteiger charge is -2.30. The molecule has 0 fully saturated rings. The maximum Gasteiger partial charge on any atom is 0.304 e. The van der Waals surface area contributed by atoms with Crippen LogP contribution in [-0.2, 0) is 11.3 Å². The molecule has 110 valence electrons. The first kappa shape index (κ1) is 14.7. The van der Waals surface area contributed by atoms with E-state index < -0.39 is 5.97 Å². The Morgan fingerprint density at radius 2 is 2.05 bits per heavy atom. The first-order valence-electron chi connectivity index (χ1n) is 6.70. The van der Waals surface area contributed by atoms with Gasteiger partial charge in [-0.05, 0) is 23.1 Å². The van der Waals surface area contributed by atoms with Gasteiger partial charge in [-0.25, -0.2) is 0 Å². The molecule has 5 heteroatoms. The van der Waals surface area contributed by atoms with Gasteiger partial charge in [-0.15, -0.1) is 0 Å². The molecule has 0 saturated carbocycles. The minimum atomic E-state index is -0.789. The third-order valence-electron chi connectivity index (χ3n) is 3.41. The van der Waals surface area contributed by atoms with Crippen LogP contribution in [0.1, 0.15) is 32.8 Å². The summed E-state index contributed by atoms with van der Waals surface area (Å²) >= 11 is 0. The lowest BCUT2D eigenvalue weighted by molar-refractivity contribution is -0.138. The second-order valence-corrected chi connectivity index (χ2v) is 6.08. The highest BCUT2D eigenvalue weighted by Crippen LogP contribution is 2.32. The van der Waals surface area contributed by atoms with Gasteiger partial charge in [0, 0.05) is 12.6 Å². The van der Waals surface area contributed by atoms with Gasteiger partial charge in [0.2, 0.25) is 6.79 Å². The number of fused-ring (bicyclic) bond motifs is 1. The Balaban J connectivity index is 2.00. The summed E-state index contributed by atoms with van der Waals surface area (Å²) in [6.45, 7) is 6.97. The molecule has 1 aromatic carbocycles. The molecule has 0 saturated heterocycles. The molecule has 2 N–H and O–H groups in total. The van der Waals surface area contributed by atoms with Crippen molar-refractivity contribution in [2.45, 2.75) is 39.8 Å². The van der Waals surface area contributed by atoms with E-state index in [2.05, 4.69) is 5.32 Å². The number of carboxylic acids is 1. The van der Waals surface area contributed by atoms with Gasteiger partial charge in [0.05, 0.1) is 6.42 Å². The SMILES string of the molecule is CC(C)(C)C(CC(=O)O)NCc1ccc2c(c1)OCO2. The van der Waals surface area contributed by atoms with E-state index in [0.717, 1.165) is 17.1 Å². The third-order valence-corrected chi connectivity index (χ3v) is 3.41. The van der Waals surface area contributed by atoms with E-state index in [4.69, 9.17) is 14.6 Å². The highest BCUT2D eigenvalue weighted by Gasteiger charge is 2.26. The molecule has 1 atom stereocenters. The molecule has 0 spiro atoms. The van der Waals surface area contributed by atoms with Crippen LogP contribution in [0.4, 0.5) is 0 Å². The zero-order chi connectivity index (χ0) is 14.8. The Bertz CT molecular complexity index is 493. The zero-order valence-electron chi connectivity index (χ0n) is 12.1. The van der Waals surface area contributed by atoms with Crippen molar-refractivity contribution >= 4 is 5.97 Å². The number of hydrogen-bond acceptors (Lipinski definition) is 4. The second-order valence-electron chi connectivity index (χ2n) is 6.08. The Kier molecular flexibility index (Phi) is 4.18. The molecule has 2 rings (SSSR count). The summed E-state index contributed by atoms with van der Waals surface area (Å²) in [6, 6.07) is 5.67. The predicted molar refractivity (Wildman–Crippen MR) is 74.9 cm³/mol. The van der Waals surface area contributed by atoms with Crippen LogP contribution in [0, 0.1) is 5.41 Å². The van der Waals surface area contributed by atoms with Gasteiger partial charge in [-0.3, -0.25) is 4.79 Å². The summed E-state index contributed by atoms with van der Waals surface area (Å²) in [6.07, 6.45) is 0.105. The van der Waals surface area contributed by atoms with Crippen molar-refractivity contribution < 1.29 is 19.4 Å². The lowest BCUT2D eigenvalue weighted by atomic mass is 9.84. The number of carboxylic acid groups (broad SMARTS) is 1. The van der Waals surface area contributed by atoms with E-state index >= 15 is 0 Å². The van der Waals surface area contributed by atoms with Crippen LogP contribution in [0.3, 0.4) is 0 Å². The van der Waals surface area contributed by atoms with Crippen LogP contribution in [0.2, 0.25) is 0 Å². The fraction of sp³-hybridized carbons (Fsp3) is 0.533. The molecular formula is C15H21NO4. The second kappa shape index (κ2) is 5.71. The summed E-state index contributed by atoms with van der Waals surface area (Å²) in [7, 11) is 0. The molecule has 1 aliphatic heterocycles. The van der Waals surface area contributed by atoms with E-state index in [-0.39, 0.29) is 24.7 Å². The van der Waals surface area contributed by atoms with E-state index in [9.17, 15) is 4.79 Å². The van der Waals surface area contributed by atoms with Gasteiger partial charge in [0.25, 0.3) is 0 Å². The summed E-state index contributed by atoms with van der Waals surface area (Å²) in [5.74, 6) is 0.713. The maximum atomic E-state index is 10.9. The molecule has 1 aromatic rings. The van der Waals surface area contributed by atoms with Crippen molar-refractivity contribution in [3.05, 3.63) is 23.8 Å². The van der Waals surface area contributed by atoms with E-state index in [0.29, 0.717) is 6.54 Å². The Labute approximate surface area is 118 Å². The quantitative estimate of drug-likeness (QED) is 0.866. The number of nitrogens with one attached hydrogen (secondary N) is 1. The van der Waals surface area contributed by atoms with Crippen LogP contribution in [-0.4, -0.2) is 23.9 Å². The van der Waals surface area contributed by atoms with Crippen LogP contribution in [0.5, 0.6) is 11.5 Å². The molecule has 0 radical (unpaired) electrons. The summed E-state index contributed by atoms with van der Waals surface area (Å²) < 4.78 is 10.6. The average Bonchev–Trinajstić information content (AvgIpc) is 2.79. The molecule has 5 nitrogen and oxygen atoms in total. The lowest BCUT2D eigenvalue weighted by Crippen LogP contribution is -2.41. The topological polar surface area (TPSA) is 67.8 Å². The number of aliphatic carboxylic acids is 1. The van der Waals surface area contributed by atoms with Crippen molar-refractivity contribution in [2.75, 3.05) is 6.79 Å². The third kappa shape index (κ3) is 3.63. The molecule has 0 bridgehead atoms. The first-order valence-corrected chi connectivity index (χ1v) is 6.70. The highest BCUT2D eigenvalue weighted by atomic mass is 16.7. The van der Waals surface area contributed by atoms with Gasteiger partial charge in [-0.2, -0.15) is 0 Å². The van der Waals surface area contributed by atoms with Gasteiger partial charge < -0.3 is 19.9 Å². The van der Waals surface area contributed by atoms with Crippen molar-refractivity contribution in [1.29, 1.82) is 0 Å². The monoisotopic (exact) mass is 279 g/mol. The fourth-order valence-corrected chi connectivity index (χ4v) is 2.15. The minimum Gasteiger partial charge on any atom is -0.481 e. The summed E-state index contributed by atoms with van der Waals surface area (Å²) in [4.78, 5) is 10.9. The van der Waals surface area contributed by atoms with Crippen LogP contribution in [0.15, 0.2) is 18.2 Å². The zero-order valence-corrected chi connectivity index (χ0v) is 12.1. The molecule has 20 heavy (non-hydrogen) atoms. The minimum absolute atomic E-state index is 0.0922. The average molecular weight is 279 g/mol. The van der Waals surface area contributed by atoms with Gasteiger partial charge in [-0.1, -0.05) is 26.8 Å². The van der Waals surface area contributed by atoms with Crippen LogP contribution < -0.4 is 14.8 Å². The number of benzene rings is 1. The van der Waals surface area contributed by atoms with Crippen molar-refractivity contribution in [3.8, 4) is 11.5 Å². The normalized spacial score (nSPS) is 15.2. The maximum absolute atomic E-state index is 10.9. The van der Waals surface area contributed by atoms with Crippen molar-refractivity contribution in [3.63, 3.8) is 0 Å². The Hall–Kier alpha value is -1.75. The van der Waals surface area contributed by atoms with E-state index in [1.807, 2.05) is 39.0 Å². The molecule has 1 aliphatic rings. The van der Waals surface area contributed by atoms with E-state index in [1.165, 1.54) is 0 Å². The molecule has 0 amide bonds. The van der Waals surface area contributed by atoms with Crippen molar-refractivity contribution in [1.82, 2.24) is 5.32 Å². The molecule has 1 unspecified atom stereocenters. The summed E-state index contributed by atoms with van der Waals surface area (Å²) in [5, 5.41) is 12.3. The Morgan fingerprint density at radius 1 is 1.35 bits per heavy atom. The fourth-order valence-electron chi connectivity index (χ4n) is 2.15. The smallest absolute Gasteiger partial charge is 0.304 e. The number of hydrogen-bond donors (Lipinski definition) is 2. The Morgan fingerprint density at radius 3 is 2.70 bits per heavy atom. The van der Waals surface area contributed by atoms with Crippen LogP contribution >= 0.6 is 0 Å². The standard InChI is InChI=1S/C15H21NO4/c1-15(2,3)13(7-14(17)18)16-8-10-4-5-11-12(6-10)20-9-19-11/h4-6,13,16H,7-9H2,1-3H3,(H,17,18). The molecule has 0 aliphatic carbocycles. The molecule has 0 aromatic heterocycles. The van der Waals surface area contributed by atoms with Crippen molar-refractivity contribution in [2.24, 2.45) is 5.41 Å². The van der Waals surface area contributed by atoms with Crippen LogP contribution in [0.25, 0.3) is 0 Å². The van der Waals surface area contributed by atoms with E-state index in [1.54, 1.807) is 0 Å². The predicted octanol–water partition coefficient (Wildman–Crippen LogP) is 2.39. The van der Waals surface area contributed by atoms with Gasteiger partial charge in [0.1, 0.15) is 0 Å². The molecule has 1 heterocycles. The number of rotatable bonds is 5. The highest BCUT2D eigenvalue weighted by molar-refractivity contribution is 5.67. The molecular weight excluding hydrogens is 258 g/mol. The first-order chi connectivity index (χ1) is 9.36. The van der Waals surface area contributed by atoms with Gasteiger partial charge >= 0.3 is 5.97 Å². The number of ether oxygens (including phenoxy) is 2. The van der Waals surface area contributed by atoms with Gasteiger partial charge in [0.15, 0.2) is 11.5 Å².